The van der Waals surface area contributed by atoms with E-state index in [2.05, 4.69) is 33.9 Å². The van der Waals surface area contributed by atoms with Crippen molar-refractivity contribution in [3.8, 4) is 0 Å². The van der Waals surface area contributed by atoms with Crippen molar-refractivity contribution in [2.24, 2.45) is 5.92 Å². The minimum absolute atomic E-state index is 0.0606. The third kappa shape index (κ3) is 5.32. The van der Waals surface area contributed by atoms with E-state index in [0.29, 0.717) is 12.3 Å². The van der Waals surface area contributed by atoms with Gasteiger partial charge < -0.3 is 4.89 Å². The first-order valence-electron chi connectivity index (χ1n) is 5.45. The van der Waals surface area contributed by atoms with E-state index in [0.717, 1.165) is 0 Å². The fraction of sp³-hybridized carbons (Fsp3) is 0.909. The zero-order chi connectivity index (χ0) is 12.3. The molecule has 0 saturated carbocycles. The molecule has 0 amide bonds. The average Bonchev–Trinajstić information content (AvgIpc) is 1.97. The highest BCUT2D eigenvalue weighted by atomic mass is 28.4. The van der Waals surface area contributed by atoms with Crippen molar-refractivity contribution in [3.63, 3.8) is 0 Å². The molecule has 0 bridgehead atoms. The van der Waals surface area contributed by atoms with Gasteiger partial charge in [-0.3, -0.25) is 0 Å². The van der Waals surface area contributed by atoms with Crippen molar-refractivity contribution >= 4 is 14.3 Å². The van der Waals surface area contributed by atoms with E-state index in [4.69, 9.17) is 9.46 Å². The number of carbonyl (C=O) groups excluding carboxylic acids is 1. The van der Waals surface area contributed by atoms with Crippen molar-refractivity contribution in [1.29, 1.82) is 0 Å². The lowest BCUT2D eigenvalue weighted by molar-refractivity contribution is -0.222. The maximum atomic E-state index is 11.3. The molecule has 0 rings (SSSR count). The summed E-state index contributed by atoms with van der Waals surface area (Å²) in [4.78, 5) is 16.2. The second-order valence-electron chi connectivity index (χ2n) is 5.90. The van der Waals surface area contributed by atoms with Gasteiger partial charge in [-0.05, 0) is 24.1 Å². The maximum Gasteiger partial charge on any atom is 0.341 e. The summed E-state index contributed by atoms with van der Waals surface area (Å²) in [6.07, 6.45) is 0.411. The highest BCUT2D eigenvalue weighted by Gasteiger charge is 2.40. The van der Waals surface area contributed by atoms with E-state index in [1.165, 1.54) is 0 Å². The van der Waals surface area contributed by atoms with Crippen molar-refractivity contribution < 1.29 is 14.3 Å². The Bertz CT molecular complexity index is 216. The summed E-state index contributed by atoms with van der Waals surface area (Å²) in [6.45, 7) is 14.4. The van der Waals surface area contributed by atoms with Crippen LogP contribution in [0.5, 0.6) is 0 Å². The van der Waals surface area contributed by atoms with Crippen LogP contribution < -0.4 is 0 Å². The molecule has 0 fully saturated rings. The van der Waals surface area contributed by atoms with Crippen LogP contribution in [0.15, 0.2) is 0 Å². The molecule has 0 radical (unpaired) electrons. The molecule has 0 N–H and O–H groups in total. The van der Waals surface area contributed by atoms with E-state index in [1.807, 2.05) is 13.8 Å². The average molecular weight is 232 g/mol. The van der Waals surface area contributed by atoms with Crippen LogP contribution in [0.25, 0.3) is 0 Å². The SMILES string of the molecule is CC(C)CC(=O)OO[Si](C)(C)C(C)(C)C. The topological polar surface area (TPSA) is 35.5 Å². The van der Waals surface area contributed by atoms with Crippen LogP contribution in [-0.2, 0) is 14.3 Å². The van der Waals surface area contributed by atoms with Gasteiger partial charge in [0.15, 0.2) is 0 Å². The molecule has 0 aromatic carbocycles. The first-order valence-corrected chi connectivity index (χ1v) is 8.35. The molecule has 0 aliphatic heterocycles. The summed E-state index contributed by atoms with van der Waals surface area (Å²) in [5.74, 6) is 0.0374. The van der Waals surface area contributed by atoms with Gasteiger partial charge in [0.2, 0.25) is 0 Å². The molecule has 90 valence electrons. The molecule has 0 saturated heterocycles. The molecule has 15 heavy (non-hydrogen) atoms. The fourth-order valence-electron chi connectivity index (χ4n) is 0.643. The normalized spacial score (nSPS) is 13.1. The summed E-state index contributed by atoms with van der Waals surface area (Å²) < 4.78 is 5.35. The number of rotatable bonds is 4. The summed E-state index contributed by atoms with van der Waals surface area (Å²) in [7, 11) is -1.96. The van der Waals surface area contributed by atoms with Gasteiger partial charge >= 0.3 is 5.97 Å². The Balaban J connectivity index is 4.10. The summed E-state index contributed by atoms with van der Waals surface area (Å²) in [5, 5.41) is 0.0606. The smallest absolute Gasteiger partial charge is 0.310 e. The third-order valence-electron chi connectivity index (χ3n) is 2.72. The molecule has 4 heteroatoms. The van der Waals surface area contributed by atoms with Gasteiger partial charge in [0.25, 0.3) is 8.32 Å². The van der Waals surface area contributed by atoms with Crippen molar-refractivity contribution in [2.45, 2.75) is 59.2 Å². The second kappa shape index (κ2) is 5.12. The monoisotopic (exact) mass is 232 g/mol. The summed E-state index contributed by atoms with van der Waals surface area (Å²) in [6, 6.07) is 0. The van der Waals surface area contributed by atoms with Crippen LogP contribution in [0.3, 0.4) is 0 Å². The Labute approximate surface area is 94.2 Å². The first kappa shape index (κ1) is 14.6. The van der Waals surface area contributed by atoms with Crippen LogP contribution in [0, 0.1) is 5.92 Å². The van der Waals surface area contributed by atoms with Gasteiger partial charge in [-0.15, -0.1) is 0 Å². The first-order chi connectivity index (χ1) is 6.56. The van der Waals surface area contributed by atoms with E-state index < -0.39 is 8.32 Å². The zero-order valence-electron chi connectivity index (χ0n) is 11.0. The number of hydrogen-bond donors (Lipinski definition) is 0. The van der Waals surface area contributed by atoms with Crippen LogP contribution in [0.2, 0.25) is 18.1 Å². The Morgan fingerprint density at radius 2 is 1.73 bits per heavy atom. The molecule has 0 spiro atoms. The van der Waals surface area contributed by atoms with Gasteiger partial charge in [-0.2, -0.15) is 0 Å². The fourth-order valence-corrected chi connectivity index (χ4v) is 1.19. The lowest BCUT2D eigenvalue weighted by Crippen LogP contribution is -2.41. The molecular weight excluding hydrogens is 208 g/mol. The Morgan fingerprint density at radius 1 is 1.27 bits per heavy atom. The van der Waals surface area contributed by atoms with Crippen LogP contribution in [-0.4, -0.2) is 14.3 Å². The van der Waals surface area contributed by atoms with Gasteiger partial charge in [0, 0.05) is 0 Å². The molecule has 0 aromatic rings. The zero-order valence-corrected chi connectivity index (χ0v) is 12.0. The van der Waals surface area contributed by atoms with Gasteiger partial charge in [-0.1, -0.05) is 34.6 Å². The lowest BCUT2D eigenvalue weighted by Gasteiger charge is -2.33. The minimum atomic E-state index is -1.96. The van der Waals surface area contributed by atoms with Crippen molar-refractivity contribution in [1.82, 2.24) is 0 Å². The molecule has 0 unspecified atom stereocenters. The highest BCUT2D eigenvalue weighted by Crippen LogP contribution is 2.36. The maximum absolute atomic E-state index is 11.3. The Hall–Kier alpha value is -0.353. The summed E-state index contributed by atoms with van der Waals surface area (Å²) in [5.41, 5.74) is 0. The lowest BCUT2D eigenvalue weighted by atomic mass is 10.1. The Morgan fingerprint density at radius 3 is 2.07 bits per heavy atom. The van der Waals surface area contributed by atoms with E-state index >= 15 is 0 Å². The van der Waals surface area contributed by atoms with Crippen LogP contribution in [0.4, 0.5) is 0 Å². The third-order valence-corrected chi connectivity index (χ3v) is 6.84. The van der Waals surface area contributed by atoms with Crippen LogP contribution >= 0.6 is 0 Å². The molecule has 0 aromatic heterocycles. The second-order valence-corrected chi connectivity index (χ2v) is 10.6. The van der Waals surface area contributed by atoms with Crippen LogP contribution in [0.1, 0.15) is 41.0 Å². The molecule has 0 heterocycles. The summed E-state index contributed by atoms with van der Waals surface area (Å²) >= 11 is 0. The Kier molecular flexibility index (Phi) is 5.00. The van der Waals surface area contributed by atoms with Gasteiger partial charge in [-0.25, -0.2) is 9.37 Å². The largest absolute Gasteiger partial charge is 0.341 e. The quantitative estimate of drug-likeness (QED) is 0.423. The predicted octanol–water partition coefficient (Wildman–Crippen LogP) is 3.51. The van der Waals surface area contributed by atoms with E-state index in [-0.39, 0.29) is 11.0 Å². The van der Waals surface area contributed by atoms with Gasteiger partial charge in [0.1, 0.15) is 0 Å². The number of carbonyl (C=O) groups is 1. The molecule has 3 nitrogen and oxygen atoms in total. The van der Waals surface area contributed by atoms with Crippen molar-refractivity contribution in [3.05, 3.63) is 0 Å². The molecule has 0 aliphatic carbocycles. The number of hydrogen-bond acceptors (Lipinski definition) is 3. The molecule has 0 atom stereocenters. The highest BCUT2D eigenvalue weighted by molar-refractivity contribution is 6.73. The standard InChI is InChI=1S/C11H24O3Si/c1-9(2)8-10(12)13-14-15(6,7)11(3,4)5/h9H,8H2,1-7H3. The molecular formula is C11H24O3Si. The van der Waals surface area contributed by atoms with Gasteiger partial charge in [0.05, 0.1) is 6.42 Å². The predicted molar refractivity (Wildman–Crippen MR) is 63.8 cm³/mol. The minimum Gasteiger partial charge on any atom is -0.310 e. The van der Waals surface area contributed by atoms with E-state index in [9.17, 15) is 4.79 Å². The van der Waals surface area contributed by atoms with E-state index in [1.54, 1.807) is 0 Å². The molecule has 0 aliphatic rings. The van der Waals surface area contributed by atoms with Crippen molar-refractivity contribution in [2.75, 3.05) is 0 Å².